The Balaban J connectivity index is 1.92. The van der Waals surface area contributed by atoms with Crippen LogP contribution in [0.3, 0.4) is 0 Å². The quantitative estimate of drug-likeness (QED) is 0.942. The molecule has 20 heavy (non-hydrogen) atoms. The third-order valence-corrected chi connectivity index (χ3v) is 4.31. The molecule has 2 aromatic heterocycles. The van der Waals surface area contributed by atoms with Crippen LogP contribution in [0.5, 0.6) is 0 Å². The highest BCUT2D eigenvalue weighted by Gasteiger charge is 2.19. The summed E-state index contributed by atoms with van der Waals surface area (Å²) in [6.07, 6.45) is 5.09. The van der Waals surface area contributed by atoms with Crippen molar-refractivity contribution < 1.29 is 4.79 Å². The molecule has 0 aliphatic rings. The molecule has 0 radical (unpaired) electrons. The van der Waals surface area contributed by atoms with Gasteiger partial charge in [0.25, 0.3) is 0 Å². The number of nitrogens with one attached hydrogen (secondary N) is 1. The molecule has 0 aliphatic carbocycles. The van der Waals surface area contributed by atoms with Crippen molar-refractivity contribution in [3.63, 3.8) is 0 Å². The van der Waals surface area contributed by atoms with E-state index in [4.69, 9.17) is 0 Å². The van der Waals surface area contributed by atoms with Gasteiger partial charge in [0.1, 0.15) is 6.04 Å². The smallest absolute Gasteiger partial charge is 0.243 e. The van der Waals surface area contributed by atoms with Crippen LogP contribution in [0.2, 0.25) is 0 Å². The lowest BCUT2D eigenvalue weighted by Crippen LogP contribution is -2.30. The van der Waals surface area contributed by atoms with Crippen molar-refractivity contribution >= 4 is 17.2 Å². The van der Waals surface area contributed by atoms with Crippen molar-refractivity contribution in [3.05, 3.63) is 34.8 Å². The van der Waals surface area contributed by atoms with Crippen LogP contribution in [0.4, 0.5) is 0 Å². The molecule has 2 aromatic rings. The Morgan fingerprint density at radius 2 is 2.25 bits per heavy atom. The van der Waals surface area contributed by atoms with Gasteiger partial charge in [0.15, 0.2) is 0 Å². The Bertz CT molecular complexity index is 568. The van der Waals surface area contributed by atoms with E-state index in [1.165, 1.54) is 0 Å². The molecule has 1 atom stereocenters. The zero-order valence-electron chi connectivity index (χ0n) is 12.3. The molecule has 0 bridgehead atoms. The highest BCUT2D eigenvalue weighted by atomic mass is 32.1. The fourth-order valence-corrected chi connectivity index (χ4v) is 2.60. The second-order valence-electron chi connectivity index (χ2n) is 5.80. The van der Waals surface area contributed by atoms with Gasteiger partial charge in [-0.05, 0) is 6.92 Å². The number of hydrogen-bond donors (Lipinski definition) is 1. The van der Waals surface area contributed by atoms with Crippen LogP contribution in [-0.2, 0) is 16.8 Å². The third kappa shape index (κ3) is 3.45. The monoisotopic (exact) mass is 292 g/mol. The van der Waals surface area contributed by atoms with Crippen molar-refractivity contribution in [2.75, 3.05) is 0 Å². The van der Waals surface area contributed by atoms with Gasteiger partial charge in [-0.2, -0.15) is 0 Å². The van der Waals surface area contributed by atoms with Crippen LogP contribution in [-0.4, -0.2) is 20.4 Å². The number of amides is 1. The van der Waals surface area contributed by atoms with Crippen molar-refractivity contribution in [3.8, 4) is 0 Å². The molecule has 0 aliphatic heterocycles. The van der Waals surface area contributed by atoms with Gasteiger partial charge in [-0.1, -0.05) is 20.8 Å². The summed E-state index contributed by atoms with van der Waals surface area (Å²) in [5, 5.41) is 6.00. The molecule has 2 heterocycles. The molecule has 1 amide bonds. The lowest BCUT2D eigenvalue weighted by Gasteiger charge is -2.14. The van der Waals surface area contributed by atoms with Crippen molar-refractivity contribution in [2.45, 2.75) is 45.7 Å². The first-order chi connectivity index (χ1) is 9.38. The number of thiazole rings is 1. The van der Waals surface area contributed by atoms with Gasteiger partial charge in [0, 0.05) is 23.2 Å². The second kappa shape index (κ2) is 5.75. The van der Waals surface area contributed by atoms with E-state index in [1.54, 1.807) is 34.6 Å². The Morgan fingerprint density at radius 1 is 1.50 bits per heavy atom. The highest BCUT2D eigenvalue weighted by Crippen LogP contribution is 2.25. The summed E-state index contributed by atoms with van der Waals surface area (Å²) in [5.74, 6) is -0.0340. The van der Waals surface area contributed by atoms with Crippen LogP contribution < -0.4 is 5.32 Å². The second-order valence-corrected chi connectivity index (χ2v) is 6.66. The van der Waals surface area contributed by atoms with Crippen LogP contribution in [0, 0.1) is 0 Å². The lowest BCUT2D eigenvalue weighted by atomic mass is 9.98. The number of imidazole rings is 1. The minimum atomic E-state index is -0.266. The first kappa shape index (κ1) is 14.7. The summed E-state index contributed by atoms with van der Waals surface area (Å²) in [4.78, 5) is 20.5. The highest BCUT2D eigenvalue weighted by molar-refractivity contribution is 7.09. The van der Waals surface area contributed by atoms with E-state index in [1.807, 2.05) is 12.3 Å². The van der Waals surface area contributed by atoms with Gasteiger partial charge in [-0.3, -0.25) is 4.79 Å². The number of hydrogen-bond acceptors (Lipinski definition) is 4. The first-order valence-electron chi connectivity index (χ1n) is 6.58. The van der Waals surface area contributed by atoms with Crippen molar-refractivity contribution in [2.24, 2.45) is 0 Å². The Morgan fingerprint density at radius 3 is 2.80 bits per heavy atom. The topological polar surface area (TPSA) is 59.8 Å². The van der Waals surface area contributed by atoms with Gasteiger partial charge in [0.2, 0.25) is 5.91 Å². The van der Waals surface area contributed by atoms with E-state index >= 15 is 0 Å². The zero-order valence-corrected chi connectivity index (χ0v) is 13.1. The molecule has 0 saturated heterocycles. The SMILES string of the molecule is CC(C(=O)NCc1csc(C(C)(C)C)n1)n1ccnc1. The number of rotatable bonds is 4. The summed E-state index contributed by atoms with van der Waals surface area (Å²) in [6.45, 7) is 8.71. The average molecular weight is 292 g/mol. The maximum atomic E-state index is 12.0. The minimum Gasteiger partial charge on any atom is -0.349 e. The summed E-state index contributed by atoms with van der Waals surface area (Å²) >= 11 is 1.64. The predicted molar refractivity (Wildman–Crippen MR) is 79.6 cm³/mol. The molecular formula is C14H20N4OS. The average Bonchev–Trinajstić information content (AvgIpc) is 3.04. The van der Waals surface area contributed by atoms with E-state index in [-0.39, 0.29) is 17.4 Å². The van der Waals surface area contributed by atoms with E-state index in [0.717, 1.165) is 10.7 Å². The Kier molecular flexibility index (Phi) is 4.23. The third-order valence-electron chi connectivity index (χ3n) is 2.99. The van der Waals surface area contributed by atoms with Gasteiger partial charge in [-0.25, -0.2) is 9.97 Å². The van der Waals surface area contributed by atoms with Crippen LogP contribution in [0.15, 0.2) is 24.1 Å². The Hall–Kier alpha value is -1.69. The van der Waals surface area contributed by atoms with Crippen LogP contribution in [0.1, 0.15) is 44.4 Å². The number of nitrogens with zero attached hydrogens (tertiary/aromatic N) is 3. The van der Waals surface area contributed by atoms with Gasteiger partial charge >= 0.3 is 0 Å². The minimum absolute atomic E-state index is 0.0340. The van der Waals surface area contributed by atoms with Gasteiger partial charge in [-0.15, -0.1) is 11.3 Å². The molecule has 5 nitrogen and oxygen atoms in total. The fourth-order valence-electron chi connectivity index (χ4n) is 1.69. The summed E-state index contributed by atoms with van der Waals surface area (Å²) in [7, 11) is 0. The largest absolute Gasteiger partial charge is 0.349 e. The lowest BCUT2D eigenvalue weighted by molar-refractivity contribution is -0.124. The molecule has 1 N–H and O–H groups in total. The maximum absolute atomic E-state index is 12.0. The molecule has 0 saturated carbocycles. The number of carbonyl (C=O) groups is 1. The first-order valence-corrected chi connectivity index (χ1v) is 7.46. The molecule has 0 aromatic carbocycles. The fraction of sp³-hybridized carbons (Fsp3) is 0.500. The van der Waals surface area contributed by atoms with E-state index < -0.39 is 0 Å². The molecular weight excluding hydrogens is 272 g/mol. The molecule has 0 fully saturated rings. The summed E-state index contributed by atoms with van der Waals surface area (Å²) < 4.78 is 1.77. The van der Waals surface area contributed by atoms with Crippen molar-refractivity contribution in [1.82, 2.24) is 19.9 Å². The standard InChI is InChI=1S/C14H20N4OS/c1-10(18-6-5-15-9-18)12(19)16-7-11-8-20-13(17-11)14(2,3)4/h5-6,8-10H,7H2,1-4H3,(H,16,19). The van der Waals surface area contributed by atoms with Gasteiger partial charge in [0.05, 0.1) is 23.6 Å². The molecule has 2 rings (SSSR count). The van der Waals surface area contributed by atoms with Crippen LogP contribution >= 0.6 is 11.3 Å². The number of aromatic nitrogens is 3. The summed E-state index contributed by atoms with van der Waals surface area (Å²) in [5.41, 5.74) is 0.961. The predicted octanol–water partition coefficient (Wildman–Crippen LogP) is 2.51. The molecule has 0 spiro atoms. The normalized spacial score (nSPS) is 13.2. The Labute approximate surface area is 123 Å². The van der Waals surface area contributed by atoms with Crippen molar-refractivity contribution in [1.29, 1.82) is 0 Å². The van der Waals surface area contributed by atoms with E-state index in [9.17, 15) is 4.79 Å². The van der Waals surface area contributed by atoms with E-state index in [0.29, 0.717) is 6.54 Å². The van der Waals surface area contributed by atoms with Crippen LogP contribution in [0.25, 0.3) is 0 Å². The molecule has 108 valence electrons. The summed E-state index contributed by atoms with van der Waals surface area (Å²) in [6, 6.07) is -0.266. The van der Waals surface area contributed by atoms with E-state index in [2.05, 4.69) is 36.1 Å². The zero-order chi connectivity index (χ0) is 14.8. The molecule has 1 unspecified atom stereocenters. The van der Waals surface area contributed by atoms with Gasteiger partial charge < -0.3 is 9.88 Å². The maximum Gasteiger partial charge on any atom is 0.243 e. The number of carbonyl (C=O) groups excluding carboxylic acids is 1. The molecule has 6 heteroatoms.